The van der Waals surface area contributed by atoms with E-state index in [2.05, 4.69) is 0 Å². The van der Waals surface area contributed by atoms with Gasteiger partial charge in [0.25, 0.3) is 5.69 Å². The van der Waals surface area contributed by atoms with Crippen LogP contribution >= 0.6 is 11.6 Å². The number of nitro benzene ring substituents is 1. The minimum Gasteiger partial charge on any atom is -0.481 e. The second-order valence-electron chi connectivity index (χ2n) is 3.72. The maximum atomic E-state index is 11.1. The van der Waals surface area contributed by atoms with E-state index in [9.17, 15) is 14.9 Å². The zero-order chi connectivity index (χ0) is 13.2. The quantitative estimate of drug-likeness (QED) is 0.631. The lowest BCUT2D eigenvalue weighted by molar-refractivity contribution is -0.384. The van der Waals surface area contributed by atoms with Gasteiger partial charge in [0, 0.05) is 6.07 Å². The fraction of sp³-hybridized carbons (Fsp3) is 0.300. The maximum Gasteiger partial charge on any atom is 0.316 e. The van der Waals surface area contributed by atoms with E-state index in [1.54, 1.807) is 0 Å². The summed E-state index contributed by atoms with van der Waals surface area (Å²) in [5.74, 6) is -1.27. The van der Waals surface area contributed by atoms with Gasteiger partial charge in [-0.1, -0.05) is 17.7 Å². The molecular weight excluding hydrogens is 250 g/mol. The SMILES string of the molecule is CC(CO)(C(=O)O)c1ccc(Cl)c([N+](=O)[O-])c1. The number of carbonyl (C=O) groups is 1. The Labute approximate surface area is 102 Å². The van der Waals surface area contributed by atoms with E-state index in [-0.39, 0.29) is 16.3 Å². The van der Waals surface area contributed by atoms with E-state index in [0.717, 1.165) is 6.07 Å². The van der Waals surface area contributed by atoms with Crippen molar-refractivity contribution in [1.29, 1.82) is 0 Å². The minimum absolute atomic E-state index is 0.0792. The summed E-state index contributed by atoms with van der Waals surface area (Å²) in [6.07, 6.45) is 0. The summed E-state index contributed by atoms with van der Waals surface area (Å²) in [6, 6.07) is 3.65. The molecule has 17 heavy (non-hydrogen) atoms. The number of carboxylic acids is 1. The van der Waals surface area contributed by atoms with Crippen LogP contribution in [0.5, 0.6) is 0 Å². The van der Waals surface area contributed by atoms with Gasteiger partial charge in [0.05, 0.1) is 11.5 Å². The Morgan fingerprint density at radius 3 is 2.59 bits per heavy atom. The summed E-state index contributed by atoms with van der Waals surface area (Å²) in [5.41, 5.74) is -1.84. The largest absolute Gasteiger partial charge is 0.481 e. The lowest BCUT2D eigenvalue weighted by Crippen LogP contribution is -2.36. The summed E-state index contributed by atoms with van der Waals surface area (Å²) >= 11 is 5.61. The van der Waals surface area contributed by atoms with Gasteiger partial charge in [-0.05, 0) is 18.6 Å². The summed E-state index contributed by atoms with van der Waals surface area (Å²) in [7, 11) is 0. The molecule has 6 nitrogen and oxygen atoms in total. The van der Waals surface area contributed by atoms with Crippen LogP contribution in [-0.4, -0.2) is 27.7 Å². The monoisotopic (exact) mass is 259 g/mol. The lowest BCUT2D eigenvalue weighted by Gasteiger charge is -2.22. The first-order valence-electron chi connectivity index (χ1n) is 4.61. The molecule has 0 fully saturated rings. The van der Waals surface area contributed by atoms with Gasteiger partial charge in [-0.3, -0.25) is 14.9 Å². The van der Waals surface area contributed by atoms with Gasteiger partial charge in [0.15, 0.2) is 0 Å². The van der Waals surface area contributed by atoms with Crippen LogP contribution < -0.4 is 0 Å². The molecule has 2 N–H and O–H groups in total. The number of aliphatic carboxylic acids is 1. The lowest BCUT2D eigenvalue weighted by atomic mass is 9.83. The first kappa shape index (κ1) is 13.4. The normalized spacial score (nSPS) is 14.1. The smallest absolute Gasteiger partial charge is 0.316 e. The van der Waals surface area contributed by atoms with Crippen LogP contribution in [0.3, 0.4) is 0 Å². The second kappa shape index (κ2) is 4.68. The molecule has 1 unspecified atom stereocenters. The third-order valence-electron chi connectivity index (χ3n) is 2.57. The summed E-state index contributed by atoms with van der Waals surface area (Å²) in [4.78, 5) is 21.0. The Bertz CT molecular complexity index is 476. The fourth-order valence-corrected chi connectivity index (χ4v) is 1.46. The number of aliphatic hydroxyl groups excluding tert-OH is 1. The topological polar surface area (TPSA) is 101 Å². The minimum atomic E-state index is -1.59. The number of carboxylic acid groups (broad SMARTS) is 1. The van der Waals surface area contributed by atoms with Gasteiger partial charge in [0.1, 0.15) is 10.4 Å². The molecule has 0 aliphatic heterocycles. The molecule has 1 rings (SSSR count). The van der Waals surface area contributed by atoms with Gasteiger partial charge < -0.3 is 10.2 Å². The molecule has 0 aliphatic rings. The molecule has 0 bridgehead atoms. The zero-order valence-corrected chi connectivity index (χ0v) is 9.64. The number of aliphatic hydroxyl groups is 1. The van der Waals surface area contributed by atoms with E-state index in [0.29, 0.717) is 0 Å². The molecule has 7 heteroatoms. The number of benzene rings is 1. The average Bonchev–Trinajstić information content (AvgIpc) is 2.27. The molecular formula is C10H10ClNO5. The van der Waals surface area contributed by atoms with Gasteiger partial charge in [0.2, 0.25) is 0 Å². The summed E-state index contributed by atoms with van der Waals surface area (Å²) < 4.78 is 0. The third kappa shape index (κ3) is 2.37. The molecule has 0 saturated heterocycles. The van der Waals surface area contributed by atoms with Crippen LogP contribution in [0.4, 0.5) is 5.69 Å². The van der Waals surface area contributed by atoms with Gasteiger partial charge in [-0.2, -0.15) is 0 Å². The fourth-order valence-electron chi connectivity index (χ4n) is 1.28. The van der Waals surface area contributed by atoms with E-state index in [1.807, 2.05) is 0 Å². The highest BCUT2D eigenvalue weighted by atomic mass is 35.5. The Kier molecular flexibility index (Phi) is 3.69. The highest BCUT2D eigenvalue weighted by molar-refractivity contribution is 6.32. The molecule has 1 aromatic carbocycles. The van der Waals surface area contributed by atoms with Crippen LogP contribution in [0.1, 0.15) is 12.5 Å². The predicted molar refractivity (Wildman–Crippen MR) is 60.2 cm³/mol. The predicted octanol–water partition coefficient (Wildman–Crippen LogP) is 1.58. The zero-order valence-electron chi connectivity index (χ0n) is 8.88. The van der Waals surface area contributed by atoms with Crippen molar-refractivity contribution in [2.45, 2.75) is 12.3 Å². The van der Waals surface area contributed by atoms with E-state index < -0.39 is 22.9 Å². The molecule has 0 radical (unpaired) electrons. The molecule has 0 heterocycles. The Hall–Kier alpha value is -1.66. The Balaban J connectivity index is 3.37. The highest BCUT2D eigenvalue weighted by Gasteiger charge is 2.36. The van der Waals surface area contributed by atoms with Crippen molar-refractivity contribution in [3.8, 4) is 0 Å². The molecule has 1 atom stereocenters. The van der Waals surface area contributed by atoms with Gasteiger partial charge in [-0.25, -0.2) is 0 Å². The summed E-state index contributed by atoms with van der Waals surface area (Å²) in [5, 5.41) is 28.7. The second-order valence-corrected chi connectivity index (χ2v) is 4.13. The van der Waals surface area contributed by atoms with Crippen molar-refractivity contribution in [2.75, 3.05) is 6.61 Å². The highest BCUT2D eigenvalue weighted by Crippen LogP contribution is 2.31. The maximum absolute atomic E-state index is 11.1. The van der Waals surface area contributed by atoms with Gasteiger partial charge >= 0.3 is 5.97 Å². The Morgan fingerprint density at radius 2 is 2.18 bits per heavy atom. The molecule has 0 saturated carbocycles. The summed E-state index contributed by atoms with van der Waals surface area (Å²) in [6.45, 7) is 0.615. The van der Waals surface area contributed by atoms with E-state index in [4.69, 9.17) is 21.8 Å². The standard InChI is InChI=1S/C10H10ClNO5/c1-10(5-13,9(14)15)6-2-3-7(11)8(4-6)12(16)17/h2-4,13H,5H2,1H3,(H,14,15). The van der Waals surface area contributed by atoms with Gasteiger partial charge in [-0.15, -0.1) is 0 Å². The van der Waals surface area contributed by atoms with E-state index >= 15 is 0 Å². The molecule has 0 amide bonds. The number of nitro groups is 1. The average molecular weight is 260 g/mol. The Morgan fingerprint density at radius 1 is 1.59 bits per heavy atom. The third-order valence-corrected chi connectivity index (χ3v) is 2.89. The van der Waals surface area contributed by atoms with Crippen LogP contribution in [0.2, 0.25) is 5.02 Å². The number of rotatable bonds is 4. The van der Waals surface area contributed by atoms with Crippen LogP contribution in [0.15, 0.2) is 18.2 Å². The van der Waals surface area contributed by atoms with Crippen molar-refractivity contribution in [3.63, 3.8) is 0 Å². The van der Waals surface area contributed by atoms with Crippen molar-refractivity contribution in [3.05, 3.63) is 38.9 Å². The van der Waals surface area contributed by atoms with Crippen molar-refractivity contribution >= 4 is 23.3 Å². The first-order valence-corrected chi connectivity index (χ1v) is 4.99. The van der Waals surface area contributed by atoms with Crippen LogP contribution in [-0.2, 0) is 10.2 Å². The molecule has 0 spiro atoms. The first-order chi connectivity index (χ1) is 7.82. The number of hydrogen-bond acceptors (Lipinski definition) is 4. The van der Waals surface area contributed by atoms with Crippen molar-refractivity contribution in [2.24, 2.45) is 0 Å². The number of nitrogens with zero attached hydrogens (tertiary/aromatic N) is 1. The van der Waals surface area contributed by atoms with Crippen LogP contribution in [0, 0.1) is 10.1 Å². The van der Waals surface area contributed by atoms with Crippen molar-refractivity contribution < 1.29 is 19.9 Å². The van der Waals surface area contributed by atoms with E-state index in [1.165, 1.54) is 19.1 Å². The molecule has 1 aromatic rings. The van der Waals surface area contributed by atoms with Crippen molar-refractivity contribution in [1.82, 2.24) is 0 Å². The number of hydrogen-bond donors (Lipinski definition) is 2. The molecule has 0 aliphatic carbocycles. The molecule has 92 valence electrons. The molecule has 0 aromatic heterocycles. The van der Waals surface area contributed by atoms with Crippen LogP contribution in [0.25, 0.3) is 0 Å². The number of halogens is 1.